The van der Waals surface area contributed by atoms with Crippen LogP contribution in [-0.4, -0.2) is 23.2 Å². The summed E-state index contributed by atoms with van der Waals surface area (Å²) in [4.78, 5) is 27.0. The number of alkyl halides is 3. The average Bonchev–Trinajstić information content (AvgIpc) is 3.28. The molecule has 2 heterocycles. The van der Waals surface area contributed by atoms with Crippen LogP contribution in [0, 0.1) is 6.92 Å². The molecule has 0 radical (unpaired) electrons. The number of amides is 1. The number of aliphatic hydroxyl groups excluding tert-OH is 1. The number of carbonyl (C=O) groups is 2. The standard InChI is InChI=1S/C23H15BrF3NO5/c1-12-5-10-17(32-12)19-18(20(29)13-6-8-14(24)9-7-13)21(30)22(31)28(19)15-3-2-4-16(11-15)33-23(25,26)27/h2-11,19,29H,1H3/b20-18-. The predicted molar refractivity (Wildman–Crippen MR) is 115 cm³/mol. The first kappa shape index (κ1) is 22.7. The van der Waals surface area contributed by atoms with Gasteiger partial charge in [0.25, 0.3) is 11.7 Å². The van der Waals surface area contributed by atoms with E-state index in [1.165, 1.54) is 18.2 Å². The number of Topliss-reactive ketones (excluding diaryl/α,β-unsaturated/α-hetero) is 1. The van der Waals surface area contributed by atoms with Crippen LogP contribution in [0.3, 0.4) is 0 Å². The Morgan fingerprint density at radius 3 is 2.39 bits per heavy atom. The van der Waals surface area contributed by atoms with E-state index in [1.807, 2.05) is 0 Å². The van der Waals surface area contributed by atoms with Crippen LogP contribution in [0.25, 0.3) is 5.76 Å². The van der Waals surface area contributed by atoms with Gasteiger partial charge in [-0.3, -0.25) is 14.5 Å². The average molecular weight is 522 g/mol. The molecule has 33 heavy (non-hydrogen) atoms. The zero-order chi connectivity index (χ0) is 23.9. The highest BCUT2D eigenvalue weighted by atomic mass is 79.9. The number of ketones is 1. The molecule has 1 unspecified atom stereocenters. The predicted octanol–water partition coefficient (Wildman–Crippen LogP) is 5.88. The lowest BCUT2D eigenvalue weighted by atomic mass is 9.99. The SMILES string of the molecule is Cc1ccc(C2/C(=C(/O)c3ccc(Br)cc3)C(=O)C(=O)N2c2cccc(OC(F)(F)F)c2)o1. The molecule has 1 amide bonds. The van der Waals surface area contributed by atoms with Gasteiger partial charge in [-0.2, -0.15) is 0 Å². The lowest BCUT2D eigenvalue weighted by Gasteiger charge is -2.24. The molecule has 1 fully saturated rings. The third-order valence-corrected chi connectivity index (χ3v) is 5.45. The van der Waals surface area contributed by atoms with Crippen molar-refractivity contribution in [3.8, 4) is 5.75 Å². The molecule has 2 aromatic carbocycles. The zero-order valence-corrected chi connectivity index (χ0v) is 18.5. The van der Waals surface area contributed by atoms with Crippen LogP contribution in [-0.2, 0) is 9.59 Å². The van der Waals surface area contributed by atoms with E-state index in [0.717, 1.165) is 21.5 Å². The third-order valence-electron chi connectivity index (χ3n) is 4.92. The Kier molecular flexibility index (Phi) is 5.79. The maximum atomic E-state index is 13.0. The molecule has 1 saturated heterocycles. The van der Waals surface area contributed by atoms with Crippen LogP contribution >= 0.6 is 15.9 Å². The summed E-state index contributed by atoms with van der Waals surface area (Å²) in [5, 5.41) is 11.0. The largest absolute Gasteiger partial charge is 0.573 e. The Morgan fingerprint density at radius 2 is 1.79 bits per heavy atom. The van der Waals surface area contributed by atoms with Crippen molar-refractivity contribution in [2.24, 2.45) is 0 Å². The summed E-state index contributed by atoms with van der Waals surface area (Å²) in [5.41, 5.74) is -0.00907. The van der Waals surface area contributed by atoms with Crippen molar-refractivity contribution in [2.45, 2.75) is 19.3 Å². The molecule has 1 atom stereocenters. The Hall–Kier alpha value is -3.53. The molecule has 0 saturated carbocycles. The fourth-order valence-corrected chi connectivity index (χ4v) is 3.83. The van der Waals surface area contributed by atoms with Gasteiger partial charge in [-0.1, -0.05) is 34.1 Å². The van der Waals surface area contributed by atoms with Gasteiger partial charge in [-0.05, 0) is 43.3 Å². The molecule has 170 valence electrons. The van der Waals surface area contributed by atoms with Crippen molar-refractivity contribution >= 4 is 39.1 Å². The zero-order valence-electron chi connectivity index (χ0n) is 16.9. The van der Waals surface area contributed by atoms with Crippen LogP contribution in [0.5, 0.6) is 5.75 Å². The Bertz CT molecular complexity index is 1260. The second-order valence-electron chi connectivity index (χ2n) is 7.17. The van der Waals surface area contributed by atoms with Crippen LogP contribution < -0.4 is 9.64 Å². The van der Waals surface area contributed by atoms with Gasteiger partial charge in [-0.15, -0.1) is 13.2 Å². The third kappa shape index (κ3) is 4.51. The van der Waals surface area contributed by atoms with E-state index >= 15 is 0 Å². The van der Waals surface area contributed by atoms with Crippen molar-refractivity contribution < 1.29 is 37.0 Å². The minimum absolute atomic E-state index is 0.0345. The van der Waals surface area contributed by atoms with Crippen LogP contribution in [0.4, 0.5) is 18.9 Å². The molecule has 1 aliphatic heterocycles. The number of benzene rings is 2. The number of ether oxygens (including phenoxy) is 1. The van der Waals surface area contributed by atoms with Crippen molar-refractivity contribution in [1.82, 2.24) is 0 Å². The number of hydrogen-bond donors (Lipinski definition) is 1. The second-order valence-corrected chi connectivity index (χ2v) is 8.09. The first-order chi connectivity index (χ1) is 15.5. The summed E-state index contributed by atoms with van der Waals surface area (Å²) in [5.74, 6) is -2.40. The molecule has 1 aliphatic rings. The number of rotatable bonds is 4. The fourth-order valence-electron chi connectivity index (χ4n) is 3.56. The maximum Gasteiger partial charge on any atom is 0.573 e. The Labute approximate surface area is 194 Å². The lowest BCUT2D eigenvalue weighted by molar-refractivity contribution is -0.274. The first-order valence-corrected chi connectivity index (χ1v) is 10.3. The van der Waals surface area contributed by atoms with Gasteiger partial charge in [0.1, 0.15) is 29.1 Å². The molecule has 0 aliphatic carbocycles. The highest BCUT2D eigenvalue weighted by Gasteiger charge is 2.48. The minimum atomic E-state index is -4.94. The summed E-state index contributed by atoms with van der Waals surface area (Å²) in [6, 6.07) is 13.0. The number of aliphatic hydroxyl groups is 1. The number of carbonyl (C=O) groups excluding carboxylic acids is 2. The van der Waals surface area contributed by atoms with Crippen molar-refractivity contribution in [1.29, 1.82) is 0 Å². The molecular formula is C23H15BrF3NO5. The normalized spacial score (nSPS) is 18.1. The molecule has 0 spiro atoms. The number of hydrogen-bond acceptors (Lipinski definition) is 5. The van der Waals surface area contributed by atoms with Gasteiger partial charge < -0.3 is 14.3 Å². The summed E-state index contributed by atoms with van der Waals surface area (Å²) in [6.07, 6.45) is -4.94. The van der Waals surface area contributed by atoms with Crippen LogP contribution in [0.1, 0.15) is 23.1 Å². The van der Waals surface area contributed by atoms with E-state index in [2.05, 4.69) is 20.7 Å². The van der Waals surface area contributed by atoms with Crippen LogP contribution in [0.2, 0.25) is 0 Å². The molecule has 0 bridgehead atoms. The van der Waals surface area contributed by atoms with Gasteiger partial charge >= 0.3 is 6.36 Å². The number of aryl methyl sites for hydroxylation is 1. The van der Waals surface area contributed by atoms with Gasteiger partial charge in [0.2, 0.25) is 0 Å². The maximum absolute atomic E-state index is 13.0. The van der Waals surface area contributed by atoms with E-state index < -0.39 is 35.6 Å². The summed E-state index contributed by atoms with van der Waals surface area (Å²) < 4.78 is 48.4. The summed E-state index contributed by atoms with van der Waals surface area (Å²) >= 11 is 3.28. The number of furan rings is 1. The lowest BCUT2D eigenvalue weighted by Crippen LogP contribution is -2.29. The first-order valence-electron chi connectivity index (χ1n) is 9.54. The Morgan fingerprint density at radius 1 is 1.09 bits per heavy atom. The van der Waals surface area contributed by atoms with Gasteiger partial charge in [0.15, 0.2) is 0 Å². The molecule has 4 rings (SSSR count). The quantitative estimate of drug-likeness (QED) is 0.263. The number of anilines is 1. The molecule has 1 N–H and O–H groups in total. The van der Waals surface area contributed by atoms with E-state index in [-0.39, 0.29) is 22.6 Å². The molecule has 1 aromatic heterocycles. The van der Waals surface area contributed by atoms with Crippen molar-refractivity contribution in [3.05, 3.63) is 87.8 Å². The second kappa shape index (κ2) is 8.43. The van der Waals surface area contributed by atoms with Crippen molar-refractivity contribution in [2.75, 3.05) is 4.90 Å². The molecular weight excluding hydrogens is 507 g/mol. The van der Waals surface area contributed by atoms with E-state index in [4.69, 9.17) is 4.42 Å². The minimum Gasteiger partial charge on any atom is -0.507 e. The smallest absolute Gasteiger partial charge is 0.507 e. The summed E-state index contributed by atoms with van der Waals surface area (Å²) in [7, 11) is 0. The highest BCUT2D eigenvalue weighted by molar-refractivity contribution is 9.10. The Balaban J connectivity index is 1.88. The molecule has 3 aromatic rings. The van der Waals surface area contributed by atoms with E-state index in [1.54, 1.807) is 37.3 Å². The molecule has 10 heteroatoms. The monoisotopic (exact) mass is 521 g/mol. The van der Waals surface area contributed by atoms with Gasteiger partial charge in [0, 0.05) is 21.8 Å². The fraction of sp³-hybridized carbons (Fsp3) is 0.130. The molecule has 6 nitrogen and oxygen atoms in total. The summed E-state index contributed by atoms with van der Waals surface area (Å²) in [6.45, 7) is 1.65. The van der Waals surface area contributed by atoms with Gasteiger partial charge in [-0.25, -0.2) is 0 Å². The highest BCUT2D eigenvalue weighted by Crippen LogP contribution is 2.43. The number of halogens is 4. The topological polar surface area (TPSA) is 80.0 Å². The van der Waals surface area contributed by atoms with E-state index in [0.29, 0.717) is 5.76 Å². The van der Waals surface area contributed by atoms with Crippen molar-refractivity contribution in [3.63, 3.8) is 0 Å². The van der Waals surface area contributed by atoms with E-state index in [9.17, 15) is 27.9 Å². The van der Waals surface area contributed by atoms with Crippen LogP contribution in [0.15, 0.2) is 75.1 Å². The van der Waals surface area contributed by atoms with Gasteiger partial charge in [0.05, 0.1) is 5.57 Å². The number of nitrogens with zero attached hydrogens (tertiary/aromatic N) is 1.